The molecule has 1 saturated heterocycles. The zero-order valence-corrected chi connectivity index (χ0v) is 23.8. The Morgan fingerprint density at radius 2 is 1.58 bits per heavy atom. The summed E-state index contributed by atoms with van der Waals surface area (Å²) in [6, 6.07) is 22.4. The summed E-state index contributed by atoms with van der Waals surface area (Å²) in [5, 5.41) is 0. The first-order chi connectivity index (χ1) is 18.4. The molecular formula is C34H42O4. The third-order valence-electron chi connectivity index (χ3n) is 8.33. The van der Waals surface area contributed by atoms with Crippen molar-refractivity contribution in [3.05, 3.63) is 94.6 Å². The molecule has 38 heavy (non-hydrogen) atoms. The molecule has 0 aliphatic carbocycles. The molecule has 0 saturated carbocycles. The molecule has 0 aromatic heterocycles. The minimum Gasteiger partial charge on any atom is -0.496 e. The van der Waals surface area contributed by atoms with Crippen molar-refractivity contribution in [1.82, 2.24) is 0 Å². The highest BCUT2D eigenvalue weighted by molar-refractivity contribution is 5.67. The molecule has 1 atom stereocenters. The zero-order chi connectivity index (χ0) is 27.2. The van der Waals surface area contributed by atoms with E-state index < -0.39 is 0 Å². The van der Waals surface area contributed by atoms with Gasteiger partial charge in [0.1, 0.15) is 11.4 Å². The second-order valence-electron chi connectivity index (χ2n) is 10.2. The molecule has 0 bridgehead atoms. The van der Waals surface area contributed by atoms with Crippen molar-refractivity contribution in [3.8, 4) is 16.9 Å². The highest BCUT2D eigenvalue weighted by atomic mass is 17.2. The topological polar surface area (TPSA) is 40.2 Å². The van der Waals surface area contributed by atoms with Crippen LogP contribution in [0.4, 0.5) is 0 Å². The molecule has 4 rings (SSSR count). The summed E-state index contributed by atoms with van der Waals surface area (Å²) in [6.07, 6.45) is 8.28. The van der Waals surface area contributed by atoms with E-state index in [4.69, 9.17) is 19.2 Å². The smallest absolute Gasteiger partial charge is 0.122 e. The van der Waals surface area contributed by atoms with Gasteiger partial charge in [-0.3, -0.25) is 0 Å². The van der Waals surface area contributed by atoms with E-state index in [0.29, 0.717) is 13.0 Å². The van der Waals surface area contributed by atoms with Crippen molar-refractivity contribution in [2.45, 2.75) is 64.4 Å². The SMILES string of the molecule is CCC1(/C=C/c2ccc(C(CC)(CC)c3ccc(-c4ccc(OC)c(CCOOC)c4)cc3)cc2C)CO1. The molecule has 0 N–H and O–H groups in total. The van der Waals surface area contributed by atoms with Crippen LogP contribution < -0.4 is 4.74 Å². The molecule has 3 aromatic rings. The third-order valence-corrected chi connectivity index (χ3v) is 8.33. The molecule has 0 amide bonds. The number of methoxy groups -OCH3 is 1. The van der Waals surface area contributed by atoms with Gasteiger partial charge in [-0.2, -0.15) is 0 Å². The fraction of sp³-hybridized carbons (Fsp3) is 0.412. The summed E-state index contributed by atoms with van der Waals surface area (Å²) < 4.78 is 11.2. The lowest BCUT2D eigenvalue weighted by molar-refractivity contribution is -0.271. The van der Waals surface area contributed by atoms with Gasteiger partial charge in [0.15, 0.2) is 0 Å². The molecule has 202 valence electrons. The fourth-order valence-electron chi connectivity index (χ4n) is 5.52. The van der Waals surface area contributed by atoms with Crippen LogP contribution in [0.5, 0.6) is 5.75 Å². The predicted molar refractivity (Wildman–Crippen MR) is 156 cm³/mol. The molecule has 4 nitrogen and oxygen atoms in total. The Kier molecular flexibility index (Phi) is 9.09. The van der Waals surface area contributed by atoms with Crippen LogP contribution in [0.25, 0.3) is 17.2 Å². The van der Waals surface area contributed by atoms with E-state index in [9.17, 15) is 0 Å². The van der Waals surface area contributed by atoms with Crippen molar-refractivity contribution >= 4 is 6.08 Å². The maximum atomic E-state index is 5.66. The average molecular weight is 515 g/mol. The second-order valence-corrected chi connectivity index (χ2v) is 10.2. The van der Waals surface area contributed by atoms with E-state index in [1.54, 1.807) is 7.11 Å². The first-order valence-electron chi connectivity index (χ1n) is 13.8. The van der Waals surface area contributed by atoms with Crippen molar-refractivity contribution in [3.63, 3.8) is 0 Å². The average Bonchev–Trinajstić information content (AvgIpc) is 3.74. The summed E-state index contributed by atoms with van der Waals surface area (Å²) >= 11 is 0. The van der Waals surface area contributed by atoms with E-state index in [1.807, 2.05) is 6.07 Å². The van der Waals surface area contributed by atoms with E-state index in [1.165, 1.54) is 40.5 Å². The van der Waals surface area contributed by atoms with E-state index >= 15 is 0 Å². The first-order valence-corrected chi connectivity index (χ1v) is 13.8. The lowest BCUT2D eigenvalue weighted by Crippen LogP contribution is -2.26. The van der Waals surface area contributed by atoms with Crippen LogP contribution in [-0.2, 0) is 26.3 Å². The maximum absolute atomic E-state index is 5.66. The standard InChI is InChI=1S/C34H42O4/c1-7-33(24-37-33)20-18-26-10-16-31(22-25(26)4)34(8-2,9-3)30-14-11-27(12-15-30)28-13-17-32(35-5)29(23-28)19-21-38-36-6/h10-18,20,22-23H,7-9,19,21,24H2,1-6H3/b20-18+. The molecule has 1 aliphatic rings. The molecule has 1 aliphatic heterocycles. The molecule has 4 heteroatoms. The van der Waals surface area contributed by atoms with Gasteiger partial charge in [0.05, 0.1) is 27.4 Å². The first kappa shape index (κ1) is 28.1. The van der Waals surface area contributed by atoms with Crippen molar-refractivity contribution < 1.29 is 19.2 Å². The third kappa shape index (κ3) is 5.88. The maximum Gasteiger partial charge on any atom is 0.122 e. The molecular weight excluding hydrogens is 472 g/mol. The number of aryl methyl sites for hydroxylation is 1. The van der Waals surface area contributed by atoms with Crippen LogP contribution in [0, 0.1) is 6.92 Å². The van der Waals surface area contributed by atoms with Crippen molar-refractivity contribution in [2.75, 3.05) is 27.4 Å². The van der Waals surface area contributed by atoms with Gasteiger partial charge in [-0.05, 0) is 83.3 Å². The normalized spacial score (nSPS) is 17.2. The summed E-state index contributed by atoms with van der Waals surface area (Å²) in [4.78, 5) is 9.84. The van der Waals surface area contributed by atoms with Crippen LogP contribution in [0.15, 0.2) is 66.7 Å². The van der Waals surface area contributed by atoms with Crippen molar-refractivity contribution in [2.24, 2.45) is 0 Å². The van der Waals surface area contributed by atoms with Crippen LogP contribution >= 0.6 is 0 Å². The van der Waals surface area contributed by atoms with E-state index in [-0.39, 0.29) is 11.0 Å². The Balaban J connectivity index is 1.61. The van der Waals surface area contributed by atoms with Gasteiger partial charge in [-0.15, -0.1) is 0 Å². The van der Waals surface area contributed by atoms with Crippen molar-refractivity contribution in [1.29, 1.82) is 0 Å². The Morgan fingerprint density at radius 1 is 0.895 bits per heavy atom. The lowest BCUT2D eigenvalue weighted by atomic mass is 9.70. The second kappa shape index (κ2) is 12.3. The largest absolute Gasteiger partial charge is 0.496 e. The Bertz CT molecular complexity index is 1230. The molecule has 3 aromatic carbocycles. The quantitative estimate of drug-likeness (QED) is 0.100. The molecule has 1 heterocycles. The summed E-state index contributed by atoms with van der Waals surface area (Å²) in [5.74, 6) is 0.865. The zero-order valence-electron chi connectivity index (χ0n) is 23.8. The van der Waals surface area contributed by atoms with Crippen LogP contribution in [-0.4, -0.2) is 33.0 Å². The minimum absolute atomic E-state index is 0.0294. The van der Waals surface area contributed by atoms with Crippen LogP contribution in [0.2, 0.25) is 0 Å². The highest BCUT2D eigenvalue weighted by Crippen LogP contribution is 2.41. The molecule has 1 unspecified atom stereocenters. The van der Waals surface area contributed by atoms with E-state index in [0.717, 1.165) is 37.2 Å². The Hall–Kier alpha value is -2.92. The fourth-order valence-corrected chi connectivity index (χ4v) is 5.52. The number of hydrogen-bond acceptors (Lipinski definition) is 4. The van der Waals surface area contributed by atoms with Gasteiger partial charge in [0.2, 0.25) is 0 Å². The molecule has 0 spiro atoms. The highest BCUT2D eigenvalue weighted by Gasteiger charge is 2.39. The Labute approximate surface area is 228 Å². The van der Waals surface area contributed by atoms with E-state index in [2.05, 4.69) is 94.4 Å². The number of benzene rings is 3. The van der Waals surface area contributed by atoms with Gasteiger partial charge in [-0.25, -0.2) is 9.78 Å². The Morgan fingerprint density at radius 3 is 2.16 bits per heavy atom. The number of rotatable bonds is 13. The van der Waals surface area contributed by atoms with Crippen LogP contribution in [0.1, 0.15) is 67.9 Å². The summed E-state index contributed by atoms with van der Waals surface area (Å²) in [7, 11) is 3.23. The molecule has 0 radical (unpaired) electrons. The predicted octanol–water partition coefficient (Wildman–Crippen LogP) is 8.09. The summed E-state index contributed by atoms with van der Waals surface area (Å²) in [6.45, 7) is 10.3. The van der Waals surface area contributed by atoms with Gasteiger partial charge in [0, 0.05) is 11.8 Å². The van der Waals surface area contributed by atoms with Gasteiger partial charge in [-0.1, -0.05) is 75.4 Å². The van der Waals surface area contributed by atoms with Gasteiger partial charge in [0.25, 0.3) is 0 Å². The van der Waals surface area contributed by atoms with Gasteiger partial charge < -0.3 is 9.47 Å². The number of hydrogen-bond donors (Lipinski definition) is 0. The monoisotopic (exact) mass is 514 g/mol. The lowest BCUT2D eigenvalue weighted by Gasteiger charge is -2.34. The number of ether oxygens (including phenoxy) is 2. The molecule has 1 fully saturated rings. The van der Waals surface area contributed by atoms with Crippen LogP contribution in [0.3, 0.4) is 0 Å². The number of epoxide rings is 1. The summed E-state index contributed by atoms with van der Waals surface area (Å²) in [5.41, 5.74) is 8.69. The minimum atomic E-state index is -0.0359. The van der Waals surface area contributed by atoms with Gasteiger partial charge >= 0.3 is 0 Å².